The number of nitrogens with one attached hydrogen (secondary N) is 3. The van der Waals surface area contributed by atoms with Crippen molar-refractivity contribution in [3.05, 3.63) is 58.4 Å². The minimum Gasteiger partial charge on any atom is -0.359 e. The minimum absolute atomic E-state index is 0.0531. The summed E-state index contributed by atoms with van der Waals surface area (Å²) in [5, 5.41) is 5.74. The van der Waals surface area contributed by atoms with Crippen LogP contribution in [-0.2, 0) is 11.3 Å². The average molecular weight is 469 g/mol. The summed E-state index contributed by atoms with van der Waals surface area (Å²) in [5.41, 5.74) is 4.86. The van der Waals surface area contributed by atoms with Gasteiger partial charge in [0.2, 0.25) is 5.91 Å². The Labute approximate surface area is 198 Å². The van der Waals surface area contributed by atoms with Gasteiger partial charge in [0.05, 0.1) is 29.6 Å². The van der Waals surface area contributed by atoms with Crippen molar-refractivity contribution in [3.63, 3.8) is 0 Å². The van der Waals surface area contributed by atoms with Crippen LogP contribution < -0.4 is 10.6 Å². The van der Waals surface area contributed by atoms with E-state index in [9.17, 15) is 9.59 Å². The zero-order valence-corrected chi connectivity index (χ0v) is 20.2. The molecular weight excluding hydrogens is 436 g/mol. The number of nitrogens with zero attached hydrogens (tertiary/aromatic N) is 3. The first-order valence-electron chi connectivity index (χ1n) is 11.1. The van der Waals surface area contributed by atoms with Crippen molar-refractivity contribution in [2.75, 3.05) is 21.1 Å². The molecule has 0 bridgehead atoms. The quantitative estimate of drug-likeness (QED) is 0.351. The van der Waals surface area contributed by atoms with Crippen molar-refractivity contribution >= 4 is 23.2 Å². The van der Waals surface area contributed by atoms with Gasteiger partial charge in [0, 0.05) is 20.0 Å². The van der Waals surface area contributed by atoms with Gasteiger partial charge < -0.3 is 20.5 Å². The van der Waals surface area contributed by atoms with Crippen LogP contribution >= 0.6 is 11.3 Å². The Balaban J connectivity index is 1.68. The second-order valence-corrected chi connectivity index (χ2v) is 9.17. The highest BCUT2D eigenvalue weighted by Gasteiger charge is 2.20. The molecule has 0 aliphatic carbocycles. The van der Waals surface area contributed by atoms with Crippen molar-refractivity contribution in [1.82, 2.24) is 30.5 Å². The number of thiazole rings is 1. The Kier molecular flexibility index (Phi) is 9.14. The summed E-state index contributed by atoms with van der Waals surface area (Å²) in [7, 11) is 5.75. The molecule has 33 heavy (non-hydrogen) atoms. The number of unbranched alkanes of at least 4 members (excludes halogenated alkanes) is 2. The van der Waals surface area contributed by atoms with Crippen LogP contribution in [0.5, 0.6) is 0 Å². The maximum atomic E-state index is 12.7. The molecule has 0 aliphatic rings. The monoisotopic (exact) mass is 468 g/mol. The lowest BCUT2D eigenvalue weighted by atomic mass is 10.1. The molecule has 0 spiro atoms. The van der Waals surface area contributed by atoms with Crippen LogP contribution in [0.25, 0.3) is 11.3 Å². The number of imidazole rings is 1. The first-order chi connectivity index (χ1) is 16.0. The Morgan fingerprint density at radius 1 is 1.12 bits per heavy atom. The molecule has 9 heteroatoms. The maximum absolute atomic E-state index is 12.7. The third-order valence-corrected chi connectivity index (χ3v) is 6.10. The van der Waals surface area contributed by atoms with Gasteiger partial charge in [-0.15, -0.1) is 11.3 Å². The summed E-state index contributed by atoms with van der Waals surface area (Å²) in [6.07, 6.45) is 7.23. The molecule has 0 aliphatic heterocycles. The number of carbonyl (C=O) groups is 2. The van der Waals surface area contributed by atoms with E-state index in [-0.39, 0.29) is 17.9 Å². The highest BCUT2D eigenvalue weighted by molar-refractivity contribution is 7.11. The predicted octanol–water partition coefficient (Wildman–Crippen LogP) is 3.76. The van der Waals surface area contributed by atoms with Gasteiger partial charge in [-0.3, -0.25) is 14.6 Å². The zero-order chi connectivity index (χ0) is 23.6. The van der Waals surface area contributed by atoms with Gasteiger partial charge in [-0.2, -0.15) is 0 Å². The van der Waals surface area contributed by atoms with Crippen LogP contribution in [0.15, 0.2) is 42.2 Å². The van der Waals surface area contributed by atoms with Crippen LogP contribution in [0, 0.1) is 0 Å². The summed E-state index contributed by atoms with van der Waals surface area (Å²) in [6, 6.07) is 8.15. The second kappa shape index (κ2) is 12.3. The molecule has 3 rings (SSSR count). The molecule has 1 unspecified atom stereocenters. The fraction of sp³-hybridized carbons (Fsp3) is 0.417. The second-order valence-electron chi connectivity index (χ2n) is 8.28. The van der Waals surface area contributed by atoms with Gasteiger partial charge in [0.1, 0.15) is 10.7 Å². The van der Waals surface area contributed by atoms with E-state index in [2.05, 4.69) is 54.8 Å². The highest BCUT2D eigenvalue weighted by Crippen LogP contribution is 2.24. The van der Waals surface area contributed by atoms with E-state index < -0.39 is 0 Å². The Bertz CT molecular complexity index is 1010. The fourth-order valence-electron chi connectivity index (χ4n) is 3.59. The van der Waals surface area contributed by atoms with Gasteiger partial charge in [0.25, 0.3) is 5.91 Å². The first kappa shape index (κ1) is 24.6. The molecule has 1 aromatic carbocycles. The van der Waals surface area contributed by atoms with E-state index in [0.717, 1.165) is 49.3 Å². The Hall–Kier alpha value is -3.04. The molecule has 3 aromatic rings. The fourth-order valence-corrected chi connectivity index (χ4v) is 4.11. The smallest absolute Gasteiger partial charge is 0.263 e. The number of benzene rings is 1. The molecule has 0 fully saturated rings. The minimum atomic E-state index is -0.249. The first-order valence-corrected chi connectivity index (χ1v) is 12.0. The summed E-state index contributed by atoms with van der Waals surface area (Å²) < 4.78 is 0. The highest BCUT2D eigenvalue weighted by atomic mass is 32.1. The third kappa shape index (κ3) is 7.50. The molecule has 0 saturated carbocycles. The molecule has 3 N–H and O–H groups in total. The molecule has 0 radical (unpaired) electrons. The molecule has 2 aromatic heterocycles. The number of aromatic nitrogens is 3. The van der Waals surface area contributed by atoms with E-state index in [4.69, 9.17) is 0 Å². The standard InChI is InChI=1S/C24H32N6O2S/c1-25-22(31)8-6-4-5-7-19(29-24(32)21-14-26-16-33-21)23-27-13-20(28-23)18-11-9-17(10-12-18)15-30(2)3/h9-14,16,19H,4-8,15H2,1-3H3,(H,25,31)(H,27,28)(H,29,32). The summed E-state index contributed by atoms with van der Waals surface area (Å²) in [6.45, 7) is 0.889. The van der Waals surface area contributed by atoms with Crippen molar-refractivity contribution in [3.8, 4) is 11.3 Å². The normalized spacial score (nSPS) is 12.0. The topological polar surface area (TPSA) is 103 Å². The molecule has 1 atom stereocenters. The van der Waals surface area contributed by atoms with E-state index >= 15 is 0 Å². The van der Waals surface area contributed by atoms with Gasteiger partial charge in [-0.05, 0) is 38.1 Å². The van der Waals surface area contributed by atoms with Crippen molar-refractivity contribution in [1.29, 1.82) is 0 Å². The number of carbonyl (C=O) groups excluding carboxylic acids is 2. The third-order valence-electron chi connectivity index (χ3n) is 5.33. The lowest BCUT2D eigenvalue weighted by Gasteiger charge is -2.16. The van der Waals surface area contributed by atoms with Crippen LogP contribution in [-0.4, -0.2) is 52.8 Å². The van der Waals surface area contributed by atoms with Crippen LogP contribution in [0.1, 0.15) is 59.2 Å². The molecule has 0 saturated heterocycles. The van der Waals surface area contributed by atoms with Crippen LogP contribution in [0.3, 0.4) is 0 Å². The van der Waals surface area contributed by atoms with Crippen molar-refractivity contribution in [2.24, 2.45) is 0 Å². The van der Waals surface area contributed by atoms with E-state index in [1.807, 2.05) is 20.3 Å². The van der Waals surface area contributed by atoms with Gasteiger partial charge in [-0.1, -0.05) is 37.1 Å². The van der Waals surface area contributed by atoms with Crippen LogP contribution in [0.4, 0.5) is 0 Å². The average Bonchev–Trinajstić information content (AvgIpc) is 3.50. The van der Waals surface area contributed by atoms with Gasteiger partial charge in [-0.25, -0.2) is 4.98 Å². The largest absolute Gasteiger partial charge is 0.359 e. The molecule has 2 heterocycles. The van der Waals surface area contributed by atoms with Crippen molar-refractivity contribution < 1.29 is 9.59 Å². The molecule has 2 amide bonds. The van der Waals surface area contributed by atoms with Crippen molar-refractivity contribution in [2.45, 2.75) is 44.7 Å². The maximum Gasteiger partial charge on any atom is 0.263 e. The number of hydrogen-bond donors (Lipinski definition) is 3. The van der Waals surface area contributed by atoms with Crippen LogP contribution in [0.2, 0.25) is 0 Å². The number of hydrogen-bond acceptors (Lipinski definition) is 6. The van der Waals surface area contributed by atoms with Gasteiger partial charge >= 0.3 is 0 Å². The van der Waals surface area contributed by atoms with E-state index in [1.165, 1.54) is 16.9 Å². The van der Waals surface area contributed by atoms with Gasteiger partial charge in [0.15, 0.2) is 0 Å². The van der Waals surface area contributed by atoms with E-state index in [1.54, 1.807) is 18.8 Å². The molecule has 176 valence electrons. The Morgan fingerprint density at radius 3 is 2.58 bits per heavy atom. The van der Waals surface area contributed by atoms with E-state index in [0.29, 0.717) is 11.3 Å². The summed E-state index contributed by atoms with van der Waals surface area (Å²) >= 11 is 1.31. The SMILES string of the molecule is CNC(=O)CCCCCC(NC(=O)c1cncs1)c1ncc(-c2ccc(CN(C)C)cc2)[nH]1. The molecular formula is C24H32N6O2S. The zero-order valence-electron chi connectivity index (χ0n) is 19.4. The lowest BCUT2D eigenvalue weighted by molar-refractivity contribution is -0.120. The predicted molar refractivity (Wildman–Crippen MR) is 131 cm³/mol. The number of rotatable bonds is 12. The summed E-state index contributed by atoms with van der Waals surface area (Å²) in [5.74, 6) is 0.628. The number of H-pyrrole nitrogens is 1. The lowest BCUT2D eigenvalue weighted by Crippen LogP contribution is -2.28. The number of amides is 2. The molecule has 8 nitrogen and oxygen atoms in total. The summed E-state index contributed by atoms with van der Waals surface area (Å²) in [4.78, 5) is 38.8. The Morgan fingerprint density at radius 2 is 1.91 bits per heavy atom. The number of aromatic amines is 1.